The second-order valence-corrected chi connectivity index (χ2v) is 12.8. The third-order valence-corrected chi connectivity index (χ3v) is 9.41. The molecule has 0 amide bonds. The van der Waals surface area contributed by atoms with Crippen LogP contribution in [0.1, 0.15) is 22.3 Å². The van der Waals surface area contributed by atoms with Crippen LogP contribution in [0.3, 0.4) is 0 Å². The van der Waals surface area contributed by atoms with Crippen molar-refractivity contribution in [2.75, 3.05) is 0 Å². The van der Waals surface area contributed by atoms with Crippen LogP contribution in [0.2, 0.25) is 0 Å². The van der Waals surface area contributed by atoms with Crippen LogP contribution >= 0.6 is 0 Å². The fraction of sp³-hybridized carbons (Fsp3) is 0.0204. The van der Waals surface area contributed by atoms with E-state index >= 15 is 0 Å². The number of hydrogen-bond donors (Lipinski definition) is 0. The predicted molar refractivity (Wildman–Crippen MR) is 215 cm³/mol. The van der Waals surface area contributed by atoms with Crippen LogP contribution in [0.15, 0.2) is 195 Å². The van der Waals surface area contributed by atoms with Crippen LogP contribution in [0.5, 0.6) is 0 Å². The summed E-state index contributed by atoms with van der Waals surface area (Å²) in [5, 5.41) is 2.46. The summed E-state index contributed by atoms with van der Waals surface area (Å²) in [7, 11) is 0. The summed E-state index contributed by atoms with van der Waals surface area (Å²) in [5.41, 5.74) is 13.9. The maximum absolute atomic E-state index is 5.06. The molecule has 7 aromatic carbocycles. The van der Waals surface area contributed by atoms with Gasteiger partial charge in [0.25, 0.3) is 0 Å². The minimum absolute atomic E-state index is 0.699. The van der Waals surface area contributed by atoms with Gasteiger partial charge in [0.05, 0.1) is 11.4 Å². The largest absolute Gasteiger partial charge is 0.228 e. The molecule has 0 fully saturated rings. The molecule has 0 atom stereocenters. The summed E-state index contributed by atoms with van der Waals surface area (Å²) in [5.74, 6) is 0.699. The number of aromatic nitrogens is 2. The molecule has 0 unspecified atom stereocenters. The van der Waals surface area contributed by atoms with Crippen molar-refractivity contribution in [2.45, 2.75) is 6.92 Å². The van der Waals surface area contributed by atoms with Crippen molar-refractivity contribution < 1.29 is 0 Å². The topological polar surface area (TPSA) is 25.8 Å². The van der Waals surface area contributed by atoms with Gasteiger partial charge in [-0.3, -0.25) is 0 Å². The van der Waals surface area contributed by atoms with Gasteiger partial charge in [-0.25, -0.2) is 9.97 Å². The molecule has 242 valence electrons. The van der Waals surface area contributed by atoms with Crippen molar-refractivity contribution in [3.8, 4) is 45.0 Å². The zero-order valence-corrected chi connectivity index (χ0v) is 28.5. The summed E-state index contributed by atoms with van der Waals surface area (Å²) >= 11 is 0. The van der Waals surface area contributed by atoms with Gasteiger partial charge in [-0.15, -0.1) is 0 Å². The van der Waals surface area contributed by atoms with Gasteiger partial charge in [-0.05, 0) is 74.4 Å². The highest BCUT2D eigenvalue weighted by Gasteiger charge is 2.15. The van der Waals surface area contributed by atoms with Gasteiger partial charge in [-0.2, -0.15) is 0 Å². The van der Waals surface area contributed by atoms with Crippen molar-refractivity contribution in [2.24, 2.45) is 0 Å². The Labute approximate surface area is 299 Å². The Kier molecular flexibility index (Phi) is 8.72. The van der Waals surface area contributed by atoms with Crippen LogP contribution in [-0.4, -0.2) is 9.97 Å². The summed E-state index contributed by atoms with van der Waals surface area (Å²) in [6, 6.07) is 63.5. The molecule has 8 aromatic rings. The molecule has 1 heterocycles. The van der Waals surface area contributed by atoms with E-state index < -0.39 is 0 Å². The quantitative estimate of drug-likeness (QED) is 0.153. The fourth-order valence-electron chi connectivity index (χ4n) is 6.69. The first-order valence-corrected chi connectivity index (χ1v) is 17.3. The molecule has 51 heavy (non-hydrogen) atoms. The standard InChI is InChI=1S/C49H36N2/c1-34-22-23-40-18-12-13-21-44(40)48(34)45(39-16-8-4-9-17-39)32-35(2)36-24-28-41(29-25-36)46-33-47(51-49(50-46)43-19-10-5-11-20-43)42-30-26-38(27-31-42)37-14-6-3-7-15-37/h3-33H,2H2,1H3/b45-32-. The molecule has 0 aliphatic heterocycles. The molecule has 0 saturated heterocycles. The van der Waals surface area contributed by atoms with E-state index in [4.69, 9.17) is 9.97 Å². The minimum Gasteiger partial charge on any atom is -0.228 e. The van der Waals surface area contributed by atoms with Crippen LogP contribution < -0.4 is 0 Å². The van der Waals surface area contributed by atoms with E-state index in [1.165, 1.54) is 33.0 Å². The van der Waals surface area contributed by atoms with Gasteiger partial charge < -0.3 is 0 Å². The molecule has 0 radical (unpaired) electrons. The number of benzene rings is 7. The van der Waals surface area contributed by atoms with Gasteiger partial charge in [0.1, 0.15) is 0 Å². The first-order valence-electron chi connectivity index (χ1n) is 17.3. The van der Waals surface area contributed by atoms with Gasteiger partial charge in [0, 0.05) is 16.7 Å². The lowest BCUT2D eigenvalue weighted by Gasteiger charge is -2.16. The van der Waals surface area contributed by atoms with Gasteiger partial charge in [-0.1, -0.05) is 183 Å². The smallest absolute Gasteiger partial charge is 0.160 e. The second-order valence-electron chi connectivity index (χ2n) is 12.8. The number of allylic oxidation sites excluding steroid dienone is 2. The highest BCUT2D eigenvalue weighted by atomic mass is 14.9. The lowest BCUT2D eigenvalue weighted by molar-refractivity contribution is 1.18. The van der Waals surface area contributed by atoms with E-state index in [-0.39, 0.29) is 0 Å². The predicted octanol–water partition coefficient (Wildman–Crippen LogP) is 12.8. The first kappa shape index (κ1) is 31.6. The monoisotopic (exact) mass is 652 g/mol. The second kappa shape index (κ2) is 14.1. The number of nitrogens with zero attached hydrogens (tertiary/aromatic N) is 2. The van der Waals surface area contributed by atoms with Crippen molar-refractivity contribution in [3.05, 3.63) is 217 Å². The zero-order valence-electron chi connectivity index (χ0n) is 28.5. The highest BCUT2D eigenvalue weighted by molar-refractivity contribution is 6.01. The normalized spacial score (nSPS) is 11.4. The van der Waals surface area contributed by atoms with E-state index in [0.29, 0.717) is 5.82 Å². The van der Waals surface area contributed by atoms with Crippen molar-refractivity contribution in [3.63, 3.8) is 0 Å². The molecule has 2 nitrogen and oxygen atoms in total. The summed E-state index contributed by atoms with van der Waals surface area (Å²) < 4.78 is 0. The van der Waals surface area contributed by atoms with Gasteiger partial charge >= 0.3 is 0 Å². The van der Waals surface area contributed by atoms with Crippen molar-refractivity contribution in [1.29, 1.82) is 0 Å². The maximum Gasteiger partial charge on any atom is 0.160 e. The van der Waals surface area contributed by atoms with E-state index in [1.54, 1.807) is 0 Å². The summed E-state index contributed by atoms with van der Waals surface area (Å²) in [4.78, 5) is 10.1. The van der Waals surface area contributed by atoms with Gasteiger partial charge in [0.2, 0.25) is 0 Å². The SMILES string of the molecule is C=C(/C=C(/c1ccccc1)c1c(C)ccc2ccccc12)c1ccc(-c2cc(-c3ccc(-c4ccccc4)cc3)nc(-c3ccccc3)n2)cc1. The molecule has 2 heteroatoms. The summed E-state index contributed by atoms with van der Waals surface area (Å²) in [6.07, 6.45) is 2.23. The van der Waals surface area contributed by atoms with Crippen LogP contribution in [-0.2, 0) is 0 Å². The first-order chi connectivity index (χ1) is 25.1. The molecule has 0 saturated carbocycles. The maximum atomic E-state index is 5.06. The van der Waals surface area contributed by atoms with Crippen LogP contribution in [0.4, 0.5) is 0 Å². The Morgan fingerprint density at radius 1 is 0.471 bits per heavy atom. The van der Waals surface area contributed by atoms with Crippen LogP contribution in [0.25, 0.3) is 66.9 Å². The van der Waals surface area contributed by atoms with E-state index in [2.05, 4.69) is 177 Å². The molecule has 1 aromatic heterocycles. The van der Waals surface area contributed by atoms with E-state index in [1.807, 2.05) is 24.3 Å². The Morgan fingerprint density at radius 3 is 1.63 bits per heavy atom. The fourth-order valence-corrected chi connectivity index (χ4v) is 6.69. The Hall–Kier alpha value is -6.64. The molecule has 0 N–H and O–H groups in total. The minimum atomic E-state index is 0.699. The molecular weight excluding hydrogens is 617 g/mol. The molecular formula is C49H36N2. The summed E-state index contributed by atoms with van der Waals surface area (Å²) in [6.45, 7) is 6.75. The Bertz CT molecular complexity index is 2500. The van der Waals surface area contributed by atoms with E-state index in [9.17, 15) is 0 Å². The Morgan fingerprint density at radius 2 is 0.980 bits per heavy atom. The third kappa shape index (κ3) is 6.68. The highest BCUT2D eigenvalue weighted by Crippen LogP contribution is 2.36. The lowest BCUT2D eigenvalue weighted by atomic mass is 9.88. The third-order valence-electron chi connectivity index (χ3n) is 9.41. The van der Waals surface area contributed by atoms with E-state index in [0.717, 1.165) is 50.4 Å². The average molecular weight is 653 g/mol. The van der Waals surface area contributed by atoms with Crippen LogP contribution in [0, 0.1) is 6.92 Å². The van der Waals surface area contributed by atoms with Crippen molar-refractivity contribution >= 4 is 21.9 Å². The number of rotatable bonds is 8. The van der Waals surface area contributed by atoms with Crippen molar-refractivity contribution in [1.82, 2.24) is 9.97 Å². The number of fused-ring (bicyclic) bond motifs is 1. The number of aryl methyl sites for hydroxylation is 1. The van der Waals surface area contributed by atoms with Gasteiger partial charge in [0.15, 0.2) is 5.82 Å². The molecule has 8 rings (SSSR count). The molecule has 0 spiro atoms. The zero-order chi connectivity index (χ0) is 34.6. The molecule has 0 aliphatic rings. The average Bonchev–Trinajstić information content (AvgIpc) is 3.21. The molecule has 0 bridgehead atoms. The lowest BCUT2D eigenvalue weighted by Crippen LogP contribution is -1.96. The molecule has 0 aliphatic carbocycles. The Balaban J connectivity index is 1.16. The number of hydrogen-bond acceptors (Lipinski definition) is 2.